The molecule has 54 valence electrons. The molecule has 1 rings (SSSR count). The van der Waals surface area contributed by atoms with Gasteiger partial charge in [0, 0.05) is 0 Å². The molecule has 0 heterocycles. The molecule has 1 nitrogen and oxygen atoms in total. The zero-order valence-corrected chi connectivity index (χ0v) is 10.3. The first-order valence-corrected chi connectivity index (χ1v) is 4.05. The van der Waals surface area contributed by atoms with Crippen LogP contribution < -0.4 is 51.4 Å². The number of hydrogen-bond donors (Lipinski definition) is 0. The van der Waals surface area contributed by atoms with Gasteiger partial charge in [-0.3, -0.25) is 0 Å². The molecule has 1 saturated carbocycles. The fourth-order valence-corrected chi connectivity index (χ4v) is 1.75. The van der Waals surface area contributed by atoms with E-state index in [1.54, 1.807) is 0 Å². The van der Waals surface area contributed by atoms with Crippen molar-refractivity contribution in [3.63, 3.8) is 0 Å². The zero-order valence-electron chi connectivity index (χ0n) is 7.19. The molecule has 0 aliphatic heterocycles. The molecule has 1 fully saturated rings. The Balaban J connectivity index is 0.000000810. The summed E-state index contributed by atoms with van der Waals surface area (Å²) in [5.41, 5.74) is 7.59. The molecule has 0 aromatic rings. The predicted octanol–water partition coefficient (Wildman–Crippen LogP) is 0.0114. The Morgan fingerprint density at radius 2 is 2.10 bits per heavy atom. The van der Waals surface area contributed by atoms with Gasteiger partial charge in [0.25, 0.3) is 0 Å². The van der Waals surface area contributed by atoms with E-state index in [1.807, 2.05) is 0 Å². The first-order valence-electron chi connectivity index (χ1n) is 4.05. The van der Waals surface area contributed by atoms with E-state index in [0.717, 1.165) is 12.3 Å². The SMILES string of the molecule is CCCC1CCCC1[NH-].[K+]. The molecule has 2 unspecified atom stereocenters. The minimum Gasteiger partial charge on any atom is -0.674 e. The third kappa shape index (κ3) is 3.33. The molecular weight excluding hydrogens is 149 g/mol. The van der Waals surface area contributed by atoms with Crippen molar-refractivity contribution in [2.24, 2.45) is 5.92 Å². The zero-order chi connectivity index (χ0) is 6.69. The Morgan fingerprint density at radius 3 is 2.50 bits per heavy atom. The molecule has 0 aromatic carbocycles. The summed E-state index contributed by atoms with van der Waals surface area (Å²) in [7, 11) is 0. The summed E-state index contributed by atoms with van der Waals surface area (Å²) in [5.74, 6) is 0.745. The fourth-order valence-electron chi connectivity index (χ4n) is 1.75. The van der Waals surface area contributed by atoms with Gasteiger partial charge in [0.2, 0.25) is 0 Å². The van der Waals surface area contributed by atoms with Crippen LogP contribution in [0, 0.1) is 5.92 Å². The van der Waals surface area contributed by atoms with Crippen LogP contribution in [0.3, 0.4) is 0 Å². The normalized spacial score (nSPS) is 31.8. The van der Waals surface area contributed by atoms with Gasteiger partial charge >= 0.3 is 51.4 Å². The van der Waals surface area contributed by atoms with Gasteiger partial charge in [-0.2, -0.15) is 0 Å². The first-order chi connectivity index (χ1) is 4.34. The number of rotatable bonds is 2. The van der Waals surface area contributed by atoms with Crippen LogP contribution in [0.25, 0.3) is 5.73 Å². The maximum Gasteiger partial charge on any atom is 1.00 e. The number of hydrogen-bond acceptors (Lipinski definition) is 0. The molecule has 1 aliphatic carbocycles. The third-order valence-corrected chi connectivity index (χ3v) is 2.32. The van der Waals surface area contributed by atoms with Crippen molar-refractivity contribution < 1.29 is 51.4 Å². The monoisotopic (exact) mass is 165 g/mol. The van der Waals surface area contributed by atoms with Gasteiger partial charge in [-0.25, -0.2) is 0 Å². The van der Waals surface area contributed by atoms with Crippen LogP contribution in [0.15, 0.2) is 0 Å². The van der Waals surface area contributed by atoms with E-state index >= 15 is 0 Å². The molecule has 0 bridgehead atoms. The summed E-state index contributed by atoms with van der Waals surface area (Å²) in [5, 5.41) is 0. The van der Waals surface area contributed by atoms with Crippen molar-refractivity contribution in [2.75, 3.05) is 0 Å². The average Bonchev–Trinajstić information content (AvgIpc) is 2.18. The second-order valence-electron chi connectivity index (χ2n) is 3.09. The van der Waals surface area contributed by atoms with Gasteiger partial charge in [-0.1, -0.05) is 44.9 Å². The predicted molar refractivity (Wildman–Crippen MR) is 40.4 cm³/mol. The van der Waals surface area contributed by atoms with E-state index < -0.39 is 0 Å². The molecule has 0 saturated heterocycles. The maximum atomic E-state index is 7.59. The summed E-state index contributed by atoms with van der Waals surface area (Å²) in [6.07, 6.45) is 6.33. The number of nitrogens with one attached hydrogen (secondary N) is 1. The van der Waals surface area contributed by atoms with Crippen LogP contribution in [-0.4, -0.2) is 6.04 Å². The third-order valence-electron chi connectivity index (χ3n) is 2.32. The molecule has 0 amide bonds. The quantitative estimate of drug-likeness (QED) is 0.515. The Kier molecular flexibility index (Phi) is 7.13. The topological polar surface area (TPSA) is 23.8 Å². The van der Waals surface area contributed by atoms with Crippen LogP contribution in [-0.2, 0) is 0 Å². The van der Waals surface area contributed by atoms with Crippen LogP contribution in [0.4, 0.5) is 0 Å². The molecule has 1 aliphatic rings. The largest absolute Gasteiger partial charge is 1.00 e. The molecular formula is C8H16KN. The molecule has 10 heavy (non-hydrogen) atoms. The van der Waals surface area contributed by atoms with Gasteiger partial charge in [0.15, 0.2) is 0 Å². The smallest absolute Gasteiger partial charge is 0.674 e. The van der Waals surface area contributed by atoms with Crippen molar-refractivity contribution in [1.29, 1.82) is 0 Å². The summed E-state index contributed by atoms with van der Waals surface area (Å²) in [4.78, 5) is 0. The van der Waals surface area contributed by atoms with Crippen LogP contribution in [0.2, 0.25) is 0 Å². The Bertz CT molecular complexity index is 85.3. The van der Waals surface area contributed by atoms with Crippen molar-refractivity contribution in [3.8, 4) is 0 Å². The fraction of sp³-hybridized carbons (Fsp3) is 1.00. The van der Waals surface area contributed by atoms with Crippen molar-refractivity contribution >= 4 is 0 Å². The summed E-state index contributed by atoms with van der Waals surface area (Å²) in [6.45, 7) is 2.21. The Morgan fingerprint density at radius 1 is 1.40 bits per heavy atom. The maximum absolute atomic E-state index is 7.59. The molecule has 0 aromatic heterocycles. The Hall–Kier alpha value is 1.60. The van der Waals surface area contributed by atoms with E-state index in [-0.39, 0.29) is 57.4 Å². The first kappa shape index (κ1) is 11.6. The summed E-state index contributed by atoms with van der Waals surface area (Å²) < 4.78 is 0. The second kappa shape index (κ2) is 6.15. The van der Waals surface area contributed by atoms with Gasteiger partial charge in [0.05, 0.1) is 0 Å². The van der Waals surface area contributed by atoms with E-state index in [0.29, 0.717) is 0 Å². The van der Waals surface area contributed by atoms with Crippen LogP contribution in [0.1, 0.15) is 39.0 Å². The Labute approximate surface area is 107 Å². The van der Waals surface area contributed by atoms with Crippen molar-refractivity contribution in [1.82, 2.24) is 0 Å². The van der Waals surface area contributed by atoms with Gasteiger partial charge < -0.3 is 5.73 Å². The van der Waals surface area contributed by atoms with E-state index in [1.165, 1.54) is 25.7 Å². The standard InChI is InChI=1S/C8H16N.K/c1-2-4-7-5-3-6-8(7)9;/h7-9H,2-6H2,1H3;/q-1;+1. The van der Waals surface area contributed by atoms with Crippen molar-refractivity contribution in [2.45, 2.75) is 45.1 Å². The molecule has 1 N–H and O–H groups in total. The second-order valence-corrected chi connectivity index (χ2v) is 3.09. The van der Waals surface area contributed by atoms with E-state index in [9.17, 15) is 0 Å². The van der Waals surface area contributed by atoms with E-state index in [2.05, 4.69) is 6.92 Å². The molecule has 0 spiro atoms. The van der Waals surface area contributed by atoms with Crippen LogP contribution in [0.5, 0.6) is 0 Å². The minimum atomic E-state index is 0. The molecule has 0 radical (unpaired) electrons. The van der Waals surface area contributed by atoms with Crippen molar-refractivity contribution in [3.05, 3.63) is 5.73 Å². The van der Waals surface area contributed by atoms with Gasteiger partial charge in [0.1, 0.15) is 0 Å². The average molecular weight is 165 g/mol. The summed E-state index contributed by atoms with van der Waals surface area (Å²) in [6, 6.07) is 0.282. The van der Waals surface area contributed by atoms with E-state index in [4.69, 9.17) is 5.73 Å². The van der Waals surface area contributed by atoms with Gasteiger partial charge in [-0.15, -0.1) is 6.04 Å². The molecule has 2 heteroatoms. The van der Waals surface area contributed by atoms with Crippen LogP contribution >= 0.6 is 0 Å². The molecule has 2 atom stereocenters. The van der Waals surface area contributed by atoms with Gasteiger partial charge in [-0.05, 0) is 0 Å². The summed E-state index contributed by atoms with van der Waals surface area (Å²) >= 11 is 0. The minimum absolute atomic E-state index is 0.